The van der Waals surface area contributed by atoms with Crippen molar-refractivity contribution in [2.45, 2.75) is 64.8 Å². The molecule has 0 amide bonds. The summed E-state index contributed by atoms with van der Waals surface area (Å²) in [7, 11) is 0. The second-order valence-electron chi connectivity index (χ2n) is 5.67. The molecule has 3 heteroatoms. The molecule has 0 spiro atoms. The maximum atomic E-state index is 5.94. The van der Waals surface area contributed by atoms with Gasteiger partial charge in [-0.1, -0.05) is 13.0 Å². The molecule has 0 bridgehead atoms. The third-order valence-corrected chi connectivity index (χ3v) is 3.59. The van der Waals surface area contributed by atoms with Gasteiger partial charge in [-0.15, -0.1) is 0 Å². The number of aromatic nitrogens is 1. The van der Waals surface area contributed by atoms with Crippen molar-refractivity contribution in [2.24, 2.45) is 0 Å². The summed E-state index contributed by atoms with van der Waals surface area (Å²) in [6.45, 7) is 7.90. The normalized spacial score (nSPS) is 15.9. The summed E-state index contributed by atoms with van der Waals surface area (Å²) in [4.78, 5) is 4.45. The van der Waals surface area contributed by atoms with Gasteiger partial charge >= 0.3 is 0 Å². The van der Waals surface area contributed by atoms with E-state index in [0.717, 1.165) is 24.7 Å². The van der Waals surface area contributed by atoms with Crippen LogP contribution in [0.25, 0.3) is 0 Å². The van der Waals surface area contributed by atoms with E-state index in [2.05, 4.69) is 37.1 Å². The lowest BCUT2D eigenvalue weighted by Gasteiger charge is -2.23. The Morgan fingerprint density at radius 2 is 2.22 bits per heavy atom. The van der Waals surface area contributed by atoms with Crippen LogP contribution in [0.3, 0.4) is 0 Å². The highest BCUT2D eigenvalue weighted by atomic mass is 16.5. The van der Waals surface area contributed by atoms with Crippen molar-refractivity contribution in [1.29, 1.82) is 0 Å². The van der Waals surface area contributed by atoms with E-state index in [0.29, 0.717) is 6.61 Å². The van der Waals surface area contributed by atoms with Crippen molar-refractivity contribution in [2.75, 3.05) is 0 Å². The van der Waals surface area contributed by atoms with Crippen molar-refractivity contribution in [3.05, 3.63) is 29.6 Å². The average Bonchev–Trinajstić information content (AvgIpc) is 3.19. The molecule has 18 heavy (non-hydrogen) atoms. The molecule has 0 saturated heterocycles. The standard InChI is InChI=1S/C15H24N2O/c1-4-15(2,3)18-11-14-12(6-5-9-16-14)10-17-13-7-8-13/h5-6,9,13,17H,4,7-8,10-11H2,1-3H3. The third kappa shape index (κ3) is 4.07. The molecule has 0 radical (unpaired) electrons. The maximum absolute atomic E-state index is 5.94. The van der Waals surface area contributed by atoms with Crippen LogP contribution in [0.5, 0.6) is 0 Å². The van der Waals surface area contributed by atoms with E-state index in [9.17, 15) is 0 Å². The molecular weight excluding hydrogens is 224 g/mol. The van der Waals surface area contributed by atoms with Crippen molar-refractivity contribution in [3.8, 4) is 0 Å². The topological polar surface area (TPSA) is 34.1 Å². The summed E-state index contributed by atoms with van der Waals surface area (Å²) >= 11 is 0. The quantitative estimate of drug-likeness (QED) is 0.805. The van der Waals surface area contributed by atoms with Gasteiger partial charge in [0.05, 0.1) is 17.9 Å². The molecule has 1 aliphatic carbocycles. The van der Waals surface area contributed by atoms with E-state index < -0.39 is 0 Å². The van der Waals surface area contributed by atoms with Crippen molar-refractivity contribution < 1.29 is 4.74 Å². The average molecular weight is 248 g/mol. The fourth-order valence-electron chi connectivity index (χ4n) is 1.67. The van der Waals surface area contributed by atoms with E-state index in [1.165, 1.54) is 18.4 Å². The maximum Gasteiger partial charge on any atom is 0.0898 e. The first-order valence-corrected chi connectivity index (χ1v) is 6.91. The number of ether oxygens (including phenoxy) is 1. The number of rotatable bonds is 7. The number of nitrogens with one attached hydrogen (secondary N) is 1. The Labute approximate surface area is 110 Å². The molecule has 1 heterocycles. The van der Waals surface area contributed by atoms with Crippen LogP contribution < -0.4 is 5.32 Å². The van der Waals surface area contributed by atoms with Crippen molar-refractivity contribution in [3.63, 3.8) is 0 Å². The van der Waals surface area contributed by atoms with Crippen LogP contribution in [0.4, 0.5) is 0 Å². The molecule has 1 fully saturated rings. The predicted molar refractivity (Wildman–Crippen MR) is 73.3 cm³/mol. The van der Waals surface area contributed by atoms with Crippen LogP contribution in [0.15, 0.2) is 18.3 Å². The summed E-state index contributed by atoms with van der Waals surface area (Å²) in [5.74, 6) is 0. The lowest BCUT2D eigenvalue weighted by Crippen LogP contribution is -2.24. The molecule has 1 aliphatic rings. The minimum atomic E-state index is -0.0707. The van der Waals surface area contributed by atoms with Gasteiger partial charge < -0.3 is 10.1 Å². The number of hydrogen-bond acceptors (Lipinski definition) is 3. The fourth-order valence-corrected chi connectivity index (χ4v) is 1.67. The molecule has 0 atom stereocenters. The second-order valence-corrected chi connectivity index (χ2v) is 5.67. The molecule has 100 valence electrons. The van der Waals surface area contributed by atoms with E-state index in [1.54, 1.807) is 0 Å². The zero-order valence-corrected chi connectivity index (χ0v) is 11.7. The zero-order chi connectivity index (χ0) is 13.0. The van der Waals surface area contributed by atoms with E-state index >= 15 is 0 Å². The summed E-state index contributed by atoms with van der Waals surface area (Å²) in [5.41, 5.74) is 2.25. The Hall–Kier alpha value is -0.930. The van der Waals surface area contributed by atoms with Gasteiger partial charge in [0.25, 0.3) is 0 Å². The minimum Gasteiger partial charge on any atom is -0.369 e. The monoisotopic (exact) mass is 248 g/mol. The van der Waals surface area contributed by atoms with Gasteiger partial charge in [0.15, 0.2) is 0 Å². The van der Waals surface area contributed by atoms with Gasteiger partial charge in [0, 0.05) is 18.8 Å². The largest absolute Gasteiger partial charge is 0.369 e. The second kappa shape index (κ2) is 5.81. The molecule has 0 aromatic carbocycles. The van der Waals surface area contributed by atoms with Gasteiger partial charge in [0.2, 0.25) is 0 Å². The Bertz CT molecular complexity index is 386. The number of pyridine rings is 1. The summed E-state index contributed by atoms with van der Waals surface area (Å²) in [5, 5.41) is 3.53. The summed E-state index contributed by atoms with van der Waals surface area (Å²) in [6, 6.07) is 4.87. The van der Waals surface area contributed by atoms with Gasteiger partial charge in [-0.2, -0.15) is 0 Å². The number of nitrogens with zero attached hydrogens (tertiary/aromatic N) is 1. The van der Waals surface area contributed by atoms with Crippen molar-refractivity contribution >= 4 is 0 Å². The van der Waals surface area contributed by atoms with E-state index in [1.807, 2.05) is 12.3 Å². The molecule has 0 unspecified atom stereocenters. The van der Waals surface area contributed by atoms with Gasteiger partial charge in [0.1, 0.15) is 0 Å². The molecule has 2 rings (SSSR count). The molecule has 1 N–H and O–H groups in total. The Morgan fingerprint density at radius 1 is 1.44 bits per heavy atom. The highest BCUT2D eigenvalue weighted by Crippen LogP contribution is 2.21. The molecule has 3 nitrogen and oxygen atoms in total. The summed E-state index contributed by atoms with van der Waals surface area (Å²) in [6.07, 6.45) is 5.48. The number of hydrogen-bond donors (Lipinski definition) is 1. The Morgan fingerprint density at radius 3 is 2.89 bits per heavy atom. The fraction of sp³-hybridized carbons (Fsp3) is 0.667. The summed E-state index contributed by atoms with van der Waals surface area (Å²) < 4.78 is 5.94. The third-order valence-electron chi connectivity index (χ3n) is 3.59. The lowest BCUT2D eigenvalue weighted by molar-refractivity contribution is -0.0333. The molecular formula is C15H24N2O. The smallest absolute Gasteiger partial charge is 0.0898 e. The highest BCUT2D eigenvalue weighted by molar-refractivity contribution is 5.19. The Balaban J connectivity index is 1.93. The van der Waals surface area contributed by atoms with E-state index in [4.69, 9.17) is 4.74 Å². The van der Waals surface area contributed by atoms with Crippen LogP contribution in [-0.2, 0) is 17.9 Å². The zero-order valence-electron chi connectivity index (χ0n) is 11.7. The van der Waals surface area contributed by atoms with E-state index in [-0.39, 0.29) is 5.60 Å². The van der Waals surface area contributed by atoms with Crippen molar-refractivity contribution in [1.82, 2.24) is 10.3 Å². The first kappa shape index (κ1) is 13.5. The first-order chi connectivity index (χ1) is 8.61. The molecule has 1 aromatic heterocycles. The lowest BCUT2D eigenvalue weighted by atomic mass is 10.1. The van der Waals surface area contributed by atoms with Crippen LogP contribution >= 0.6 is 0 Å². The predicted octanol–water partition coefficient (Wildman–Crippen LogP) is 3.04. The highest BCUT2D eigenvalue weighted by Gasteiger charge is 2.21. The van der Waals surface area contributed by atoms with Gasteiger partial charge in [-0.05, 0) is 44.7 Å². The minimum absolute atomic E-state index is 0.0707. The van der Waals surface area contributed by atoms with Crippen LogP contribution in [0.1, 0.15) is 51.3 Å². The SMILES string of the molecule is CCC(C)(C)OCc1ncccc1CNC1CC1. The molecule has 0 aliphatic heterocycles. The molecule has 1 aromatic rings. The Kier molecular flexibility index (Phi) is 4.36. The molecule has 1 saturated carbocycles. The first-order valence-electron chi connectivity index (χ1n) is 6.91. The van der Waals surface area contributed by atoms with Gasteiger partial charge in [-0.25, -0.2) is 0 Å². The van der Waals surface area contributed by atoms with Gasteiger partial charge in [-0.3, -0.25) is 4.98 Å². The van der Waals surface area contributed by atoms with Crippen LogP contribution in [0, 0.1) is 0 Å². The van der Waals surface area contributed by atoms with Crippen LogP contribution in [-0.4, -0.2) is 16.6 Å². The van der Waals surface area contributed by atoms with Crippen LogP contribution in [0.2, 0.25) is 0 Å².